The average molecular weight is 568 g/mol. The number of nitrogen functional groups attached to an aromatic ring is 4. The van der Waals surface area contributed by atoms with E-state index in [9.17, 15) is 0 Å². The SMILES string of the molecule is Nc1nc(-c2ccncc2)c(-c2cc3ccccc3o2)nc1N.Nc1nc(-c2ccncc2)c(-c2cccnc2)nc1N. The van der Waals surface area contributed by atoms with Crippen LogP contribution in [0.3, 0.4) is 0 Å². The number of para-hydroxylation sites is 1. The molecule has 43 heavy (non-hydrogen) atoms. The van der Waals surface area contributed by atoms with Crippen LogP contribution in [-0.2, 0) is 0 Å². The van der Waals surface area contributed by atoms with Crippen molar-refractivity contribution in [2.75, 3.05) is 22.9 Å². The first-order chi connectivity index (χ1) is 21.0. The summed E-state index contributed by atoms with van der Waals surface area (Å²) in [5, 5.41) is 0.986. The van der Waals surface area contributed by atoms with Crippen molar-refractivity contribution in [1.29, 1.82) is 0 Å². The lowest BCUT2D eigenvalue weighted by Gasteiger charge is -2.10. The van der Waals surface area contributed by atoms with Crippen molar-refractivity contribution in [3.8, 4) is 45.2 Å². The predicted molar refractivity (Wildman–Crippen MR) is 167 cm³/mol. The van der Waals surface area contributed by atoms with Crippen LogP contribution in [0.4, 0.5) is 23.3 Å². The summed E-state index contributed by atoms with van der Waals surface area (Å²) in [4.78, 5) is 29.6. The second kappa shape index (κ2) is 11.6. The van der Waals surface area contributed by atoms with Crippen molar-refractivity contribution < 1.29 is 4.42 Å². The number of fused-ring (bicyclic) bond motifs is 1. The Hall–Kier alpha value is -6.43. The number of pyridine rings is 3. The number of nitrogens with zero attached hydrogens (tertiary/aromatic N) is 7. The van der Waals surface area contributed by atoms with E-state index in [1.165, 1.54) is 0 Å². The number of anilines is 4. The fraction of sp³-hybridized carbons (Fsp3) is 0. The van der Waals surface area contributed by atoms with E-state index in [-0.39, 0.29) is 23.3 Å². The molecule has 12 nitrogen and oxygen atoms in total. The van der Waals surface area contributed by atoms with Crippen LogP contribution in [0.1, 0.15) is 0 Å². The molecule has 12 heteroatoms. The van der Waals surface area contributed by atoms with Crippen LogP contribution in [0.2, 0.25) is 0 Å². The summed E-state index contributed by atoms with van der Waals surface area (Å²) >= 11 is 0. The summed E-state index contributed by atoms with van der Waals surface area (Å²) in [6.45, 7) is 0. The Labute approximate surface area is 245 Å². The van der Waals surface area contributed by atoms with Crippen molar-refractivity contribution in [2.45, 2.75) is 0 Å². The topological polar surface area (TPSA) is 207 Å². The van der Waals surface area contributed by atoms with Crippen molar-refractivity contribution in [2.24, 2.45) is 0 Å². The minimum Gasteiger partial charge on any atom is -0.454 e. The van der Waals surface area contributed by atoms with Gasteiger partial charge in [-0.2, -0.15) is 0 Å². The molecule has 0 spiro atoms. The number of hydrogen-bond acceptors (Lipinski definition) is 12. The van der Waals surface area contributed by atoms with Crippen LogP contribution in [0.25, 0.3) is 56.2 Å². The molecular formula is C31H25N11O. The molecule has 0 unspecified atom stereocenters. The second-order valence-corrected chi connectivity index (χ2v) is 9.24. The smallest absolute Gasteiger partial charge is 0.167 e. The van der Waals surface area contributed by atoms with Crippen LogP contribution >= 0.6 is 0 Å². The van der Waals surface area contributed by atoms with Crippen LogP contribution in [0.5, 0.6) is 0 Å². The Bertz CT molecular complexity index is 1920. The summed E-state index contributed by atoms with van der Waals surface area (Å²) in [5.74, 6) is 1.39. The number of rotatable bonds is 4. The summed E-state index contributed by atoms with van der Waals surface area (Å²) in [7, 11) is 0. The molecule has 6 aromatic heterocycles. The number of aromatic nitrogens is 7. The maximum absolute atomic E-state index is 5.90. The minimum absolute atomic E-state index is 0.179. The van der Waals surface area contributed by atoms with E-state index in [2.05, 4.69) is 34.9 Å². The lowest BCUT2D eigenvalue weighted by molar-refractivity contribution is 0.629. The quantitative estimate of drug-likeness (QED) is 0.224. The zero-order valence-corrected chi connectivity index (χ0v) is 22.7. The first kappa shape index (κ1) is 26.8. The Morgan fingerprint density at radius 3 is 1.51 bits per heavy atom. The van der Waals surface area contributed by atoms with Gasteiger partial charge < -0.3 is 27.4 Å². The molecule has 0 atom stereocenters. The van der Waals surface area contributed by atoms with Crippen molar-refractivity contribution in [3.63, 3.8) is 0 Å². The molecule has 6 heterocycles. The summed E-state index contributed by atoms with van der Waals surface area (Å²) in [5.41, 5.74) is 29.0. The van der Waals surface area contributed by atoms with E-state index in [1.807, 2.05) is 66.7 Å². The lowest BCUT2D eigenvalue weighted by Crippen LogP contribution is -2.04. The van der Waals surface area contributed by atoms with Gasteiger partial charge in [0.15, 0.2) is 29.0 Å². The molecule has 0 aliphatic rings. The highest BCUT2D eigenvalue weighted by atomic mass is 16.3. The van der Waals surface area contributed by atoms with E-state index >= 15 is 0 Å². The Morgan fingerprint density at radius 1 is 0.465 bits per heavy atom. The van der Waals surface area contributed by atoms with Gasteiger partial charge >= 0.3 is 0 Å². The van der Waals surface area contributed by atoms with Gasteiger partial charge in [0.2, 0.25) is 0 Å². The van der Waals surface area contributed by atoms with Gasteiger partial charge in [-0.3, -0.25) is 15.0 Å². The fourth-order valence-electron chi connectivity index (χ4n) is 4.32. The number of furan rings is 1. The van der Waals surface area contributed by atoms with Gasteiger partial charge in [-0.1, -0.05) is 18.2 Å². The van der Waals surface area contributed by atoms with Gasteiger partial charge in [0.1, 0.15) is 22.7 Å². The molecule has 0 amide bonds. The van der Waals surface area contributed by atoms with Gasteiger partial charge in [-0.15, -0.1) is 0 Å². The summed E-state index contributed by atoms with van der Waals surface area (Å²) in [6, 6.07) is 20.8. The molecule has 1 aromatic carbocycles. The van der Waals surface area contributed by atoms with Crippen LogP contribution in [0.15, 0.2) is 108 Å². The van der Waals surface area contributed by atoms with Crippen LogP contribution in [-0.4, -0.2) is 34.9 Å². The zero-order valence-electron chi connectivity index (χ0n) is 22.7. The molecule has 0 aliphatic heterocycles. The third-order valence-corrected chi connectivity index (χ3v) is 6.40. The van der Waals surface area contributed by atoms with Crippen LogP contribution < -0.4 is 22.9 Å². The highest BCUT2D eigenvalue weighted by Crippen LogP contribution is 2.34. The minimum atomic E-state index is 0.179. The van der Waals surface area contributed by atoms with Gasteiger partial charge in [0, 0.05) is 59.3 Å². The Morgan fingerprint density at radius 2 is 0.977 bits per heavy atom. The van der Waals surface area contributed by atoms with E-state index < -0.39 is 0 Å². The molecule has 210 valence electrons. The van der Waals surface area contributed by atoms with Crippen molar-refractivity contribution >= 4 is 34.2 Å². The van der Waals surface area contributed by atoms with E-state index in [1.54, 1.807) is 37.2 Å². The standard InChI is InChI=1S/C17H13N5O.C14H12N6/c18-16-17(19)22-15(14(21-16)10-5-7-20-8-6-10)13-9-11-3-1-2-4-12(11)23-13;15-13-14(16)20-12(10-2-1-5-18-8-10)11(19-13)9-3-6-17-7-4-9/h1-9H,(H2,18,21)(H2,19,22);1-8H,(H2,15,19)(H2,16,20). The molecule has 7 rings (SSSR count). The predicted octanol–water partition coefficient (Wildman–Crippen LogP) is 4.88. The molecular weight excluding hydrogens is 542 g/mol. The Kier molecular flexibility index (Phi) is 7.21. The molecule has 0 fully saturated rings. The second-order valence-electron chi connectivity index (χ2n) is 9.24. The normalized spacial score (nSPS) is 10.7. The van der Waals surface area contributed by atoms with Gasteiger partial charge in [-0.05, 0) is 48.5 Å². The van der Waals surface area contributed by atoms with Crippen molar-refractivity contribution in [1.82, 2.24) is 34.9 Å². The highest BCUT2D eigenvalue weighted by Gasteiger charge is 2.18. The number of benzene rings is 1. The maximum Gasteiger partial charge on any atom is 0.167 e. The number of hydrogen-bond donors (Lipinski definition) is 4. The molecule has 0 saturated carbocycles. The van der Waals surface area contributed by atoms with E-state index in [0.29, 0.717) is 28.5 Å². The van der Waals surface area contributed by atoms with Gasteiger partial charge in [0.25, 0.3) is 0 Å². The third kappa shape index (κ3) is 5.60. The monoisotopic (exact) mass is 567 g/mol. The van der Waals surface area contributed by atoms with E-state index in [4.69, 9.17) is 27.4 Å². The van der Waals surface area contributed by atoms with Gasteiger partial charge in [-0.25, -0.2) is 19.9 Å². The van der Waals surface area contributed by atoms with E-state index in [0.717, 1.165) is 27.7 Å². The first-order valence-electron chi connectivity index (χ1n) is 13.0. The largest absolute Gasteiger partial charge is 0.454 e. The Balaban J connectivity index is 0.000000155. The third-order valence-electron chi connectivity index (χ3n) is 6.40. The summed E-state index contributed by atoms with van der Waals surface area (Å²) < 4.78 is 5.90. The summed E-state index contributed by atoms with van der Waals surface area (Å²) in [6.07, 6.45) is 10.2. The lowest BCUT2D eigenvalue weighted by atomic mass is 10.1. The zero-order chi connectivity index (χ0) is 29.8. The molecule has 0 bridgehead atoms. The van der Waals surface area contributed by atoms with Gasteiger partial charge in [0.05, 0.1) is 5.69 Å². The average Bonchev–Trinajstić information content (AvgIpc) is 3.49. The highest BCUT2D eigenvalue weighted by molar-refractivity contribution is 5.86. The molecule has 0 radical (unpaired) electrons. The molecule has 7 aromatic rings. The first-order valence-corrected chi connectivity index (χ1v) is 13.0. The molecule has 8 N–H and O–H groups in total. The van der Waals surface area contributed by atoms with Crippen LogP contribution in [0, 0.1) is 0 Å². The molecule has 0 saturated heterocycles. The fourth-order valence-corrected chi connectivity index (χ4v) is 4.32. The van der Waals surface area contributed by atoms with Crippen molar-refractivity contribution in [3.05, 3.63) is 104 Å². The number of nitrogens with two attached hydrogens (primary N) is 4. The maximum atomic E-state index is 5.90. The molecule has 0 aliphatic carbocycles.